The second-order valence-electron chi connectivity index (χ2n) is 9.98. The minimum absolute atomic E-state index is 0.0889. The van der Waals surface area contributed by atoms with Gasteiger partial charge < -0.3 is 25.4 Å². The van der Waals surface area contributed by atoms with Crippen LogP contribution in [0.4, 0.5) is 0 Å². The highest BCUT2D eigenvalue weighted by molar-refractivity contribution is 7.13. The number of hydrogen-bond acceptors (Lipinski definition) is 7. The first-order valence-corrected chi connectivity index (χ1v) is 14.6. The summed E-state index contributed by atoms with van der Waals surface area (Å²) < 4.78 is 5.27. The molecule has 0 aliphatic heterocycles. The number of thiophene rings is 1. The first kappa shape index (κ1) is 31.1. The maximum atomic E-state index is 12.5. The average molecular weight is 607 g/mol. The number of esters is 1. The Morgan fingerprint density at radius 1 is 1.08 bits per heavy atom. The van der Waals surface area contributed by atoms with E-state index in [4.69, 9.17) is 39.5 Å². The van der Waals surface area contributed by atoms with E-state index in [0.717, 1.165) is 42.5 Å². The first-order valence-electron chi connectivity index (χ1n) is 12.6. The van der Waals surface area contributed by atoms with E-state index >= 15 is 0 Å². The molecular weight excluding hydrogens is 573 g/mol. The molecule has 2 aromatic rings. The van der Waals surface area contributed by atoms with Crippen molar-refractivity contribution in [2.24, 2.45) is 11.8 Å². The number of rotatable bonds is 13. The fraction of sp³-hybridized carbons (Fsp3) is 0.556. The third-order valence-corrected chi connectivity index (χ3v) is 9.08. The zero-order valence-electron chi connectivity index (χ0n) is 21.2. The van der Waals surface area contributed by atoms with Crippen LogP contribution >= 0.6 is 46.1 Å². The maximum absolute atomic E-state index is 12.5. The Kier molecular flexibility index (Phi) is 11.7. The third kappa shape index (κ3) is 8.55. The summed E-state index contributed by atoms with van der Waals surface area (Å²) in [7, 11) is 0. The molecule has 1 fully saturated rings. The molecule has 0 saturated heterocycles. The molecular formula is C27H34Cl3NO6S. The molecule has 3 rings (SSSR count). The van der Waals surface area contributed by atoms with Gasteiger partial charge in [0.15, 0.2) is 0 Å². The molecule has 38 heavy (non-hydrogen) atoms. The van der Waals surface area contributed by atoms with E-state index in [2.05, 4.69) is 5.32 Å². The number of aryl methyl sites for hydroxylation is 2. The number of benzene rings is 1. The minimum Gasteiger partial charge on any atom is -0.459 e. The van der Waals surface area contributed by atoms with Crippen LogP contribution in [0.25, 0.3) is 0 Å². The number of carbonyl (C=O) groups is 2. The van der Waals surface area contributed by atoms with Crippen LogP contribution in [0.1, 0.15) is 52.7 Å². The monoisotopic (exact) mass is 605 g/mol. The van der Waals surface area contributed by atoms with Crippen LogP contribution in [-0.4, -0.2) is 64.0 Å². The highest BCUT2D eigenvalue weighted by Gasteiger charge is 2.40. The SMILES string of the molecule is CC(=O)NC(CO)(CO)COC(=O)c1ccc(CCC[C@@H]2[C@@H](CCc3cc(Cl)cc(Cl)c3)[C@H](O)C[C@H]2Cl)s1. The van der Waals surface area contributed by atoms with Gasteiger partial charge in [0.05, 0.1) is 19.3 Å². The predicted octanol–water partition coefficient (Wildman–Crippen LogP) is 4.63. The van der Waals surface area contributed by atoms with Gasteiger partial charge in [-0.25, -0.2) is 4.79 Å². The second-order valence-corrected chi connectivity index (χ2v) is 12.6. The number of amides is 1. The summed E-state index contributed by atoms with van der Waals surface area (Å²) in [4.78, 5) is 25.3. The normalized spacial score (nSPS) is 21.4. The summed E-state index contributed by atoms with van der Waals surface area (Å²) in [5.41, 5.74) is -0.391. The van der Waals surface area contributed by atoms with Crippen LogP contribution in [0, 0.1) is 11.8 Å². The van der Waals surface area contributed by atoms with E-state index in [1.807, 2.05) is 18.2 Å². The topological polar surface area (TPSA) is 116 Å². The largest absolute Gasteiger partial charge is 0.459 e. The van der Waals surface area contributed by atoms with Crippen LogP contribution in [-0.2, 0) is 22.4 Å². The lowest BCUT2D eigenvalue weighted by molar-refractivity contribution is -0.123. The zero-order valence-corrected chi connectivity index (χ0v) is 24.3. The van der Waals surface area contributed by atoms with Gasteiger partial charge in [0.2, 0.25) is 5.91 Å². The second kappa shape index (κ2) is 14.3. The van der Waals surface area contributed by atoms with E-state index in [9.17, 15) is 24.9 Å². The molecule has 210 valence electrons. The minimum atomic E-state index is -1.43. The molecule has 0 radical (unpaired) electrons. The van der Waals surface area contributed by atoms with Gasteiger partial charge in [0.1, 0.15) is 17.0 Å². The van der Waals surface area contributed by atoms with Crippen LogP contribution in [0.5, 0.6) is 0 Å². The van der Waals surface area contributed by atoms with Crippen molar-refractivity contribution < 1.29 is 29.6 Å². The van der Waals surface area contributed by atoms with Gasteiger partial charge in [0.25, 0.3) is 0 Å². The fourth-order valence-corrected chi connectivity index (χ4v) is 7.07. The molecule has 0 spiro atoms. The van der Waals surface area contributed by atoms with Crippen molar-refractivity contribution in [2.75, 3.05) is 19.8 Å². The molecule has 11 heteroatoms. The highest BCUT2D eigenvalue weighted by atomic mass is 35.5. The standard InChI is InChI=1S/C27H34Cl3NO6S/c1-16(34)31-27(13-32,14-33)15-37-26(36)25-8-6-20(38-25)3-2-4-21-22(24(35)12-23(21)30)7-5-17-9-18(28)11-19(29)10-17/h6,8-11,21-24,32-33,35H,2-5,7,12-15H2,1H3,(H,31,34)/t21-,22-,23-,24-/m1/s1. The smallest absolute Gasteiger partial charge is 0.348 e. The number of ether oxygens (including phenoxy) is 1. The number of aliphatic hydroxyl groups is 3. The Balaban J connectivity index is 1.51. The average Bonchev–Trinajstić information content (AvgIpc) is 3.43. The Bertz CT molecular complexity index is 1070. The summed E-state index contributed by atoms with van der Waals surface area (Å²) >= 11 is 20.2. The van der Waals surface area contributed by atoms with Crippen molar-refractivity contribution in [1.29, 1.82) is 0 Å². The van der Waals surface area contributed by atoms with Gasteiger partial charge in [-0.2, -0.15) is 0 Å². The van der Waals surface area contributed by atoms with Gasteiger partial charge in [-0.15, -0.1) is 22.9 Å². The number of nitrogens with one attached hydrogen (secondary N) is 1. The molecule has 1 aromatic heterocycles. The molecule has 4 atom stereocenters. The van der Waals surface area contributed by atoms with Crippen molar-refractivity contribution in [3.63, 3.8) is 0 Å². The number of halogens is 3. The Morgan fingerprint density at radius 2 is 1.76 bits per heavy atom. The predicted molar refractivity (Wildman–Crippen MR) is 150 cm³/mol. The summed E-state index contributed by atoms with van der Waals surface area (Å²) in [6, 6.07) is 9.06. The molecule has 1 amide bonds. The van der Waals surface area contributed by atoms with Crippen molar-refractivity contribution in [2.45, 2.75) is 62.5 Å². The van der Waals surface area contributed by atoms with Crippen molar-refractivity contribution in [3.8, 4) is 0 Å². The lowest BCUT2D eigenvalue weighted by Gasteiger charge is -2.29. The first-order chi connectivity index (χ1) is 18.1. The maximum Gasteiger partial charge on any atom is 0.348 e. The highest BCUT2D eigenvalue weighted by Crippen LogP contribution is 2.42. The number of alkyl halides is 1. The third-order valence-electron chi connectivity index (χ3n) is 7.01. The van der Waals surface area contributed by atoms with E-state index < -0.39 is 36.7 Å². The molecule has 7 nitrogen and oxygen atoms in total. The Hall–Kier alpha value is -1.39. The van der Waals surface area contributed by atoms with Crippen LogP contribution in [0.15, 0.2) is 30.3 Å². The molecule has 1 saturated carbocycles. The molecule has 4 N–H and O–H groups in total. The van der Waals surface area contributed by atoms with Gasteiger partial charge >= 0.3 is 5.97 Å². The number of aliphatic hydroxyl groups excluding tert-OH is 3. The molecule has 1 aliphatic rings. The summed E-state index contributed by atoms with van der Waals surface area (Å²) in [5.74, 6) is -0.762. The Morgan fingerprint density at radius 3 is 2.39 bits per heavy atom. The van der Waals surface area contributed by atoms with Gasteiger partial charge in [-0.3, -0.25) is 4.79 Å². The van der Waals surface area contributed by atoms with Crippen molar-refractivity contribution >= 4 is 58.0 Å². The van der Waals surface area contributed by atoms with Gasteiger partial charge in [-0.1, -0.05) is 23.2 Å². The molecule has 1 aromatic carbocycles. The van der Waals surface area contributed by atoms with Crippen molar-refractivity contribution in [1.82, 2.24) is 5.32 Å². The van der Waals surface area contributed by atoms with Crippen LogP contribution < -0.4 is 5.32 Å². The summed E-state index contributed by atoms with van der Waals surface area (Å²) in [6.45, 7) is -0.242. The van der Waals surface area contributed by atoms with E-state index in [1.165, 1.54) is 18.3 Å². The quantitative estimate of drug-likeness (QED) is 0.195. The van der Waals surface area contributed by atoms with E-state index in [0.29, 0.717) is 21.3 Å². The van der Waals surface area contributed by atoms with E-state index in [-0.39, 0.29) is 23.8 Å². The Labute approximate surface area is 242 Å². The number of hydrogen-bond donors (Lipinski definition) is 4. The molecule has 1 aliphatic carbocycles. The molecule has 0 bridgehead atoms. The van der Waals surface area contributed by atoms with Gasteiger partial charge in [-0.05, 0) is 86.3 Å². The summed E-state index contributed by atoms with van der Waals surface area (Å²) in [5, 5.41) is 33.3. The lowest BCUT2D eigenvalue weighted by atomic mass is 9.85. The fourth-order valence-electron chi connectivity index (χ4n) is 5.06. The zero-order chi connectivity index (χ0) is 27.9. The summed E-state index contributed by atoms with van der Waals surface area (Å²) in [6.07, 6.45) is 4.16. The number of carbonyl (C=O) groups excluding carboxylic acids is 2. The van der Waals surface area contributed by atoms with E-state index in [1.54, 1.807) is 12.1 Å². The van der Waals surface area contributed by atoms with Gasteiger partial charge in [0, 0.05) is 27.2 Å². The lowest BCUT2D eigenvalue weighted by Crippen LogP contribution is -2.57. The van der Waals surface area contributed by atoms with Crippen LogP contribution in [0.3, 0.4) is 0 Å². The molecule has 1 heterocycles. The van der Waals surface area contributed by atoms with Crippen molar-refractivity contribution in [3.05, 3.63) is 55.7 Å². The van der Waals surface area contributed by atoms with Crippen LogP contribution in [0.2, 0.25) is 10.0 Å². The molecule has 0 unspecified atom stereocenters.